The van der Waals surface area contributed by atoms with Crippen LogP contribution in [0, 0.1) is 6.92 Å². The number of para-hydroxylation sites is 1. The van der Waals surface area contributed by atoms with Gasteiger partial charge < -0.3 is 10.0 Å². The monoisotopic (exact) mass is 287 g/mol. The predicted molar refractivity (Wildman–Crippen MR) is 78.3 cm³/mol. The fourth-order valence-corrected chi connectivity index (χ4v) is 2.01. The van der Waals surface area contributed by atoms with E-state index in [1.165, 1.54) is 0 Å². The molecule has 0 bridgehead atoms. The largest absolute Gasteiger partial charge is 0.481 e. The SMILES string of the molecule is Cc1cc(C(=O)N(CCCC(=O)O)c2ccccc2)n[nH]1. The number of carboxylic acid groups (broad SMARTS) is 1. The number of aryl methyl sites for hydroxylation is 1. The molecule has 6 nitrogen and oxygen atoms in total. The zero-order valence-corrected chi connectivity index (χ0v) is 11.7. The minimum absolute atomic E-state index is 0.0240. The smallest absolute Gasteiger partial charge is 0.303 e. The van der Waals surface area contributed by atoms with Gasteiger partial charge >= 0.3 is 5.97 Å². The Balaban J connectivity index is 2.19. The number of aromatic nitrogens is 2. The van der Waals surface area contributed by atoms with Crippen LogP contribution < -0.4 is 4.90 Å². The van der Waals surface area contributed by atoms with Crippen LogP contribution in [0.4, 0.5) is 5.69 Å². The van der Waals surface area contributed by atoms with Crippen LogP contribution in [0.1, 0.15) is 29.0 Å². The fraction of sp³-hybridized carbons (Fsp3) is 0.267. The number of aromatic amines is 1. The van der Waals surface area contributed by atoms with Crippen molar-refractivity contribution in [3.8, 4) is 0 Å². The molecule has 2 N–H and O–H groups in total. The van der Waals surface area contributed by atoms with E-state index < -0.39 is 5.97 Å². The van der Waals surface area contributed by atoms with Gasteiger partial charge in [0.05, 0.1) is 0 Å². The van der Waals surface area contributed by atoms with Crippen LogP contribution in [-0.2, 0) is 4.79 Å². The lowest BCUT2D eigenvalue weighted by Crippen LogP contribution is -2.32. The summed E-state index contributed by atoms with van der Waals surface area (Å²) < 4.78 is 0. The summed E-state index contributed by atoms with van der Waals surface area (Å²) >= 11 is 0. The summed E-state index contributed by atoms with van der Waals surface area (Å²) in [6.45, 7) is 2.15. The average Bonchev–Trinajstić information content (AvgIpc) is 2.90. The summed E-state index contributed by atoms with van der Waals surface area (Å²) in [4.78, 5) is 24.7. The summed E-state index contributed by atoms with van der Waals surface area (Å²) in [5, 5.41) is 15.4. The zero-order valence-electron chi connectivity index (χ0n) is 11.7. The van der Waals surface area contributed by atoms with Gasteiger partial charge in [0.2, 0.25) is 0 Å². The highest BCUT2D eigenvalue weighted by atomic mass is 16.4. The van der Waals surface area contributed by atoms with E-state index in [-0.39, 0.29) is 12.3 Å². The molecule has 1 heterocycles. The molecule has 2 rings (SSSR count). The topological polar surface area (TPSA) is 86.3 Å². The molecule has 0 saturated heterocycles. The number of hydrogen-bond acceptors (Lipinski definition) is 3. The number of amides is 1. The lowest BCUT2D eigenvalue weighted by molar-refractivity contribution is -0.137. The molecule has 1 aromatic carbocycles. The summed E-state index contributed by atoms with van der Waals surface area (Å²) in [6, 6.07) is 10.8. The number of H-pyrrole nitrogens is 1. The summed E-state index contributed by atoms with van der Waals surface area (Å²) in [6.07, 6.45) is 0.412. The molecule has 1 amide bonds. The molecule has 0 radical (unpaired) electrons. The third-order valence-corrected chi connectivity index (χ3v) is 3.01. The van der Waals surface area contributed by atoms with Gasteiger partial charge in [0.1, 0.15) is 0 Å². The quantitative estimate of drug-likeness (QED) is 0.853. The Morgan fingerprint density at radius 2 is 2.00 bits per heavy atom. The second-order valence-corrected chi connectivity index (χ2v) is 4.73. The highest BCUT2D eigenvalue weighted by molar-refractivity contribution is 6.04. The number of rotatable bonds is 6. The van der Waals surface area contributed by atoms with Crippen LogP contribution in [0.5, 0.6) is 0 Å². The van der Waals surface area contributed by atoms with Gasteiger partial charge in [-0.2, -0.15) is 5.10 Å². The number of carbonyl (C=O) groups excluding carboxylic acids is 1. The molecule has 0 fully saturated rings. The summed E-state index contributed by atoms with van der Waals surface area (Å²) in [5.74, 6) is -1.11. The number of aliphatic carboxylic acids is 1. The predicted octanol–water partition coefficient (Wildman–Crippen LogP) is 2.23. The van der Waals surface area contributed by atoms with Gasteiger partial charge in [-0.1, -0.05) is 18.2 Å². The Labute approximate surface area is 122 Å². The van der Waals surface area contributed by atoms with E-state index in [1.807, 2.05) is 37.3 Å². The number of nitrogens with zero attached hydrogens (tertiary/aromatic N) is 2. The Kier molecular flexibility index (Phi) is 4.71. The molecule has 0 aliphatic carbocycles. The van der Waals surface area contributed by atoms with Crippen molar-refractivity contribution in [3.05, 3.63) is 47.8 Å². The van der Waals surface area contributed by atoms with Crippen LogP contribution >= 0.6 is 0 Å². The first-order valence-corrected chi connectivity index (χ1v) is 6.68. The molecule has 0 spiro atoms. The van der Waals surface area contributed by atoms with E-state index >= 15 is 0 Å². The first-order valence-electron chi connectivity index (χ1n) is 6.68. The molecule has 0 atom stereocenters. The number of carboxylic acids is 1. The molecule has 21 heavy (non-hydrogen) atoms. The van der Waals surface area contributed by atoms with Gasteiger partial charge in [-0.05, 0) is 31.5 Å². The zero-order chi connectivity index (χ0) is 15.2. The molecule has 6 heteroatoms. The van der Waals surface area contributed by atoms with Gasteiger partial charge in [-0.3, -0.25) is 14.7 Å². The van der Waals surface area contributed by atoms with Crippen LogP contribution in [0.15, 0.2) is 36.4 Å². The maximum absolute atomic E-state index is 12.5. The van der Waals surface area contributed by atoms with Crippen LogP contribution in [0.25, 0.3) is 0 Å². The van der Waals surface area contributed by atoms with E-state index in [4.69, 9.17) is 5.11 Å². The van der Waals surface area contributed by atoms with Gasteiger partial charge in [-0.15, -0.1) is 0 Å². The molecule has 0 unspecified atom stereocenters. The molecule has 1 aromatic heterocycles. The second kappa shape index (κ2) is 6.69. The second-order valence-electron chi connectivity index (χ2n) is 4.73. The molecular formula is C15H17N3O3. The van der Waals surface area contributed by atoms with E-state index in [9.17, 15) is 9.59 Å². The molecule has 2 aromatic rings. The lowest BCUT2D eigenvalue weighted by atomic mass is 10.2. The highest BCUT2D eigenvalue weighted by Crippen LogP contribution is 2.17. The van der Waals surface area contributed by atoms with Crippen LogP contribution in [0.2, 0.25) is 0 Å². The number of carbonyl (C=O) groups is 2. The summed E-state index contributed by atoms with van der Waals surface area (Å²) in [7, 11) is 0. The Morgan fingerprint density at radius 3 is 2.57 bits per heavy atom. The molecular weight excluding hydrogens is 270 g/mol. The van der Waals surface area contributed by atoms with E-state index in [2.05, 4.69) is 10.2 Å². The van der Waals surface area contributed by atoms with Crippen LogP contribution in [-0.4, -0.2) is 33.7 Å². The molecule has 0 aliphatic rings. The van der Waals surface area contributed by atoms with Crippen molar-refractivity contribution in [2.45, 2.75) is 19.8 Å². The number of anilines is 1. The standard InChI is InChI=1S/C15H17N3O3/c1-11-10-13(17-16-11)15(21)18(9-5-8-14(19)20)12-6-3-2-4-7-12/h2-4,6-7,10H,5,8-9H2,1H3,(H,16,17)(H,19,20). The average molecular weight is 287 g/mol. The fourth-order valence-electron chi connectivity index (χ4n) is 2.01. The van der Waals surface area contributed by atoms with Crippen molar-refractivity contribution in [1.82, 2.24) is 10.2 Å². The Bertz CT molecular complexity index is 622. The van der Waals surface area contributed by atoms with Crippen molar-refractivity contribution >= 4 is 17.6 Å². The minimum Gasteiger partial charge on any atom is -0.481 e. The van der Waals surface area contributed by atoms with Gasteiger partial charge in [0.15, 0.2) is 5.69 Å². The first-order chi connectivity index (χ1) is 10.1. The third-order valence-electron chi connectivity index (χ3n) is 3.01. The number of hydrogen-bond donors (Lipinski definition) is 2. The first kappa shape index (κ1) is 14.8. The van der Waals surface area contributed by atoms with Crippen molar-refractivity contribution in [1.29, 1.82) is 0 Å². The van der Waals surface area contributed by atoms with Crippen LogP contribution in [0.3, 0.4) is 0 Å². The van der Waals surface area contributed by atoms with Crippen molar-refractivity contribution < 1.29 is 14.7 Å². The normalized spacial score (nSPS) is 10.3. The van der Waals surface area contributed by atoms with E-state index in [0.717, 1.165) is 11.4 Å². The van der Waals surface area contributed by atoms with Gasteiger partial charge in [0, 0.05) is 24.3 Å². The highest BCUT2D eigenvalue weighted by Gasteiger charge is 2.19. The number of benzene rings is 1. The third kappa shape index (κ3) is 3.92. The molecule has 0 aliphatic heterocycles. The van der Waals surface area contributed by atoms with Crippen molar-refractivity contribution in [2.24, 2.45) is 0 Å². The van der Waals surface area contributed by atoms with Crippen molar-refractivity contribution in [2.75, 3.05) is 11.4 Å². The minimum atomic E-state index is -0.869. The van der Waals surface area contributed by atoms with Crippen molar-refractivity contribution in [3.63, 3.8) is 0 Å². The maximum atomic E-state index is 12.5. The molecule has 110 valence electrons. The Morgan fingerprint density at radius 1 is 1.29 bits per heavy atom. The maximum Gasteiger partial charge on any atom is 0.303 e. The lowest BCUT2D eigenvalue weighted by Gasteiger charge is -2.21. The number of nitrogens with one attached hydrogen (secondary N) is 1. The van der Waals surface area contributed by atoms with Gasteiger partial charge in [-0.25, -0.2) is 0 Å². The molecule has 0 saturated carbocycles. The van der Waals surface area contributed by atoms with E-state index in [0.29, 0.717) is 18.7 Å². The van der Waals surface area contributed by atoms with E-state index in [1.54, 1.807) is 11.0 Å². The summed E-state index contributed by atoms with van der Waals surface area (Å²) in [5.41, 5.74) is 1.86. The Hall–Kier alpha value is -2.63. The van der Waals surface area contributed by atoms with Gasteiger partial charge in [0.25, 0.3) is 5.91 Å².